The number of hydrogen-bond donors (Lipinski definition) is 0. The largest absolute Gasteiger partial charge is 0.269 e. The highest BCUT2D eigenvalue weighted by Gasteiger charge is 2.35. The molecule has 0 saturated heterocycles. The van der Waals surface area contributed by atoms with Crippen LogP contribution >= 0.6 is 0 Å². The monoisotopic (exact) mass is 284 g/mol. The maximum atomic E-state index is 12.4. The highest BCUT2D eigenvalue weighted by atomic mass is 19.3. The zero-order valence-electron chi connectivity index (χ0n) is 13.0. The molecule has 2 fully saturated rings. The van der Waals surface area contributed by atoms with E-state index in [0.717, 1.165) is 11.8 Å². The third-order valence-corrected chi connectivity index (χ3v) is 5.56. The molecule has 0 heterocycles. The lowest BCUT2D eigenvalue weighted by Crippen LogP contribution is -2.28. The minimum absolute atomic E-state index is 0.438. The topological polar surface area (TPSA) is 0 Å². The van der Waals surface area contributed by atoms with Crippen LogP contribution in [0.3, 0.4) is 0 Å². The first kappa shape index (κ1) is 16.0. The van der Waals surface area contributed by atoms with Crippen molar-refractivity contribution < 1.29 is 8.78 Å². The molecule has 0 aromatic carbocycles. The summed E-state index contributed by atoms with van der Waals surface area (Å²) in [6, 6.07) is 0. The van der Waals surface area contributed by atoms with Gasteiger partial charge in [-0.2, -0.15) is 8.78 Å². The molecule has 0 radical (unpaired) electrons. The van der Waals surface area contributed by atoms with E-state index in [1.54, 1.807) is 0 Å². The van der Waals surface area contributed by atoms with Gasteiger partial charge in [-0.3, -0.25) is 0 Å². The van der Waals surface area contributed by atoms with Gasteiger partial charge in [-0.15, -0.1) is 0 Å². The Morgan fingerprint density at radius 2 is 1.55 bits per heavy atom. The molecule has 0 atom stereocenters. The molecule has 0 amide bonds. The Kier molecular flexibility index (Phi) is 6.51. The highest BCUT2D eigenvalue weighted by Crippen LogP contribution is 2.47. The third-order valence-electron chi connectivity index (χ3n) is 5.56. The second-order valence-electron chi connectivity index (χ2n) is 7.02. The molecular weight excluding hydrogens is 254 g/mol. The minimum atomic E-state index is -1.40. The van der Waals surface area contributed by atoms with E-state index in [9.17, 15) is 8.78 Å². The van der Waals surface area contributed by atoms with Crippen LogP contribution in [-0.4, -0.2) is 0 Å². The summed E-state index contributed by atoms with van der Waals surface area (Å²) >= 11 is 0. The lowest BCUT2D eigenvalue weighted by Gasteiger charge is -2.39. The van der Waals surface area contributed by atoms with E-state index in [2.05, 4.69) is 6.92 Å². The van der Waals surface area contributed by atoms with Crippen LogP contribution in [0.5, 0.6) is 0 Å². The van der Waals surface area contributed by atoms with Gasteiger partial charge in [0, 0.05) is 0 Å². The lowest BCUT2D eigenvalue weighted by atomic mass is 9.66. The maximum Gasteiger partial charge on any atom is 0.269 e. The average Bonchev–Trinajstić information content (AvgIpc) is 2.38. The first-order chi connectivity index (χ1) is 9.70. The molecule has 0 bridgehead atoms. The van der Waals surface area contributed by atoms with E-state index in [4.69, 9.17) is 0 Å². The van der Waals surface area contributed by atoms with Gasteiger partial charge >= 0.3 is 0 Å². The van der Waals surface area contributed by atoms with Gasteiger partial charge in [0.05, 0.1) is 0 Å². The Morgan fingerprint density at radius 3 is 2.15 bits per heavy atom. The smallest absolute Gasteiger partial charge is 0.173 e. The zero-order chi connectivity index (χ0) is 14.4. The molecule has 2 saturated carbocycles. The molecule has 0 aromatic heterocycles. The van der Waals surface area contributed by atoms with Crippen molar-refractivity contribution in [3.63, 3.8) is 0 Å². The standard InChI is InChI=1S/C18H30F2/c1-2-3-4-5-6-7-14-8-10-15(11-9-14)16-12-17(13-16)18(19)20/h14-16H,2-13H2,1H3/t14-,15-. The van der Waals surface area contributed by atoms with E-state index in [0.29, 0.717) is 24.3 Å². The van der Waals surface area contributed by atoms with Crippen molar-refractivity contribution >= 4 is 0 Å². The Bertz CT molecular complexity index is 301. The van der Waals surface area contributed by atoms with Gasteiger partial charge in [-0.05, 0) is 49.0 Å². The molecule has 0 aromatic rings. The van der Waals surface area contributed by atoms with Crippen LogP contribution in [0.25, 0.3) is 0 Å². The quantitative estimate of drug-likeness (QED) is 0.455. The van der Waals surface area contributed by atoms with Gasteiger partial charge in [-0.1, -0.05) is 58.3 Å². The summed E-state index contributed by atoms with van der Waals surface area (Å²) in [6.45, 7) is 2.26. The lowest BCUT2D eigenvalue weighted by molar-refractivity contribution is 0.161. The van der Waals surface area contributed by atoms with Crippen LogP contribution in [-0.2, 0) is 0 Å². The first-order valence-electron chi connectivity index (χ1n) is 8.73. The minimum Gasteiger partial charge on any atom is -0.173 e. The summed E-state index contributed by atoms with van der Waals surface area (Å²) in [6.07, 6.45) is 13.6. The Balaban J connectivity index is 1.56. The van der Waals surface area contributed by atoms with Crippen molar-refractivity contribution in [2.24, 2.45) is 17.8 Å². The molecule has 0 N–H and O–H groups in total. The molecule has 2 rings (SSSR count). The van der Waals surface area contributed by atoms with Gasteiger partial charge in [0.2, 0.25) is 0 Å². The predicted molar refractivity (Wildman–Crippen MR) is 80.8 cm³/mol. The fourth-order valence-electron chi connectivity index (χ4n) is 4.05. The second kappa shape index (κ2) is 8.14. The molecule has 0 aliphatic heterocycles. The summed E-state index contributed by atoms with van der Waals surface area (Å²) in [4.78, 5) is 0. The van der Waals surface area contributed by atoms with Gasteiger partial charge in [-0.25, -0.2) is 0 Å². The van der Waals surface area contributed by atoms with Crippen molar-refractivity contribution in [2.75, 3.05) is 0 Å². The Morgan fingerprint density at radius 1 is 0.900 bits per heavy atom. The van der Waals surface area contributed by atoms with Gasteiger partial charge < -0.3 is 0 Å². The number of unbranched alkanes of at least 4 members (excludes halogenated alkanes) is 4. The van der Waals surface area contributed by atoms with Gasteiger partial charge in [0.1, 0.15) is 0 Å². The van der Waals surface area contributed by atoms with Crippen LogP contribution in [0.4, 0.5) is 8.78 Å². The SMILES string of the molecule is CCCCCCC[C@H]1CC[C@H](C2CC(=C(F)F)C2)CC1. The summed E-state index contributed by atoms with van der Waals surface area (Å²) in [5.74, 6) is 2.26. The molecule has 0 nitrogen and oxygen atoms in total. The second-order valence-corrected chi connectivity index (χ2v) is 7.02. The fraction of sp³-hybridized carbons (Fsp3) is 0.889. The average molecular weight is 284 g/mol. The highest BCUT2D eigenvalue weighted by molar-refractivity contribution is 5.14. The summed E-state index contributed by atoms with van der Waals surface area (Å²) < 4.78 is 24.8. The Hall–Kier alpha value is -0.400. The van der Waals surface area contributed by atoms with Crippen molar-refractivity contribution in [1.29, 1.82) is 0 Å². The molecule has 20 heavy (non-hydrogen) atoms. The van der Waals surface area contributed by atoms with Gasteiger partial charge in [0.15, 0.2) is 0 Å². The summed E-state index contributed by atoms with van der Waals surface area (Å²) in [5.41, 5.74) is 0.438. The van der Waals surface area contributed by atoms with E-state index in [1.165, 1.54) is 64.2 Å². The van der Waals surface area contributed by atoms with Gasteiger partial charge in [0.25, 0.3) is 6.08 Å². The zero-order valence-corrected chi connectivity index (χ0v) is 13.0. The Labute approximate surface area is 123 Å². The third kappa shape index (κ3) is 4.56. The van der Waals surface area contributed by atoms with E-state index in [-0.39, 0.29) is 0 Å². The van der Waals surface area contributed by atoms with Crippen molar-refractivity contribution in [3.8, 4) is 0 Å². The van der Waals surface area contributed by atoms with E-state index >= 15 is 0 Å². The molecule has 2 aliphatic carbocycles. The van der Waals surface area contributed by atoms with Crippen LogP contribution < -0.4 is 0 Å². The molecule has 0 unspecified atom stereocenters. The van der Waals surface area contributed by atoms with Crippen molar-refractivity contribution in [3.05, 3.63) is 11.7 Å². The van der Waals surface area contributed by atoms with E-state index < -0.39 is 6.08 Å². The number of allylic oxidation sites excluding steroid dienone is 1. The van der Waals surface area contributed by atoms with Crippen molar-refractivity contribution in [1.82, 2.24) is 0 Å². The maximum absolute atomic E-state index is 12.4. The number of rotatable bonds is 7. The normalized spacial score (nSPS) is 30.1. The molecule has 116 valence electrons. The fourth-order valence-corrected chi connectivity index (χ4v) is 4.05. The summed E-state index contributed by atoms with van der Waals surface area (Å²) in [7, 11) is 0. The van der Waals surface area contributed by atoms with Crippen LogP contribution in [0.2, 0.25) is 0 Å². The molecule has 2 heteroatoms. The molecule has 0 spiro atoms. The first-order valence-corrected chi connectivity index (χ1v) is 8.73. The van der Waals surface area contributed by atoms with Crippen LogP contribution in [0.1, 0.15) is 84.0 Å². The van der Waals surface area contributed by atoms with Crippen LogP contribution in [0.15, 0.2) is 11.7 Å². The summed E-state index contributed by atoms with van der Waals surface area (Å²) in [5, 5.41) is 0. The number of hydrogen-bond acceptors (Lipinski definition) is 0. The predicted octanol–water partition coefficient (Wildman–Crippen LogP) is 6.71. The van der Waals surface area contributed by atoms with E-state index in [1.807, 2.05) is 0 Å². The molecular formula is C18H30F2. The number of halogens is 2. The molecule has 2 aliphatic rings. The van der Waals surface area contributed by atoms with Crippen LogP contribution in [0, 0.1) is 17.8 Å². The van der Waals surface area contributed by atoms with Crippen molar-refractivity contribution in [2.45, 2.75) is 84.0 Å².